The van der Waals surface area contributed by atoms with Crippen molar-refractivity contribution < 1.29 is 14.7 Å². The average Bonchev–Trinajstić information content (AvgIpc) is 3.03. The normalized spacial score (nSPS) is 28.8. The fourth-order valence-corrected chi connectivity index (χ4v) is 2.80. The Morgan fingerprint density at radius 2 is 1.82 bits per heavy atom. The Morgan fingerprint density at radius 3 is 2.29 bits per heavy atom. The Hall–Kier alpha value is -1.06. The summed E-state index contributed by atoms with van der Waals surface area (Å²) in [6.45, 7) is 1.94. The Labute approximate surface area is 102 Å². The number of carbonyl (C=O) groups is 2. The minimum atomic E-state index is -0.891. The van der Waals surface area contributed by atoms with Crippen molar-refractivity contribution in [2.45, 2.75) is 51.5 Å². The van der Waals surface area contributed by atoms with Crippen LogP contribution in [0.5, 0.6) is 0 Å². The highest BCUT2D eigenvalue weighted by atomic mass is 16.4. The third-order valence-electron chi connectivity index (χ3n) is 4.03. The summed E-state index contributed by atoms with van der Waals surface area (Å²) in [7, 11) is 0. The Bertz CT molecular complexity index is 310. The SMILES string of the molecule is C[C@@H]1C[C@@H]1C(=O)N(CC(=O)O)C1CCCCC1. The standard InChI is InChI=1S/C13H21NO3/c1-9-7-11(9)13(17)14(8-12(15)16)10-5-3-2-4-6-10/h9-11H,2-8H2,1H3,(H,15,16)/t9-,11+/m1/s1. The molecule has 0 aromatic heterocycles. The zero-order valence-electron chi connectivity index (χ0n) is 10.4. The number of hydrogen-bond acceptors (Lipinski definition) is 2. The third-order valence-corrected chi connectivity index (χ3v) is 4.03. The minimum Gasteiger partial charge on any atom is -0.480 e. The number of amides is 1. The van der Waals surface area contributed by atoms with E-state index in [1.54, 1.807) is 4.90 Å². The van der Waals surface area contributed by atoms with E-state index in [1.807, 2.05) is 0 Å². The van der Waals surface area contributed by atoms with E-state index in [2.05, 4.69) is 6.92 Å². The molecule has 17 heavy (non-hydrogen) atoms. The molecule has 2 atom stereocenters. The van der Waals surface area contributed by atoms with E-state index in [1.165, 1.54) is 6.42 Å². The smallest absolute Gasteiger partial charge is 0.323 e. The van der Waals surface area contributed by atoms with Crippen LogP contribution < -0.4 is 0 Å². The van der Waals surface area contributed by atoms with E-state index in [-0.39, 0.29) is 24.4 Å². The van der Waals surface area contributed by atoms with Crippen LogP contribution in [-0.2, 0) is 9.59 Å². The lowest BCUT2D eigenvalue weighted by Gasteiger charge is -2.33. The maximum absolute atomic E-state index is 12.2. The molecule has 0 bridgehead atoms. The molecule has 0 aliphatic heterocycles. The molecule has 2 rings (SSSR count). The average molecular weight is 239 g/mol. The Kier molecular flexibility index (Phi) is 3.69. The Balaban J connectivity index is 2.01. The van der Waals surface area contributed by atoms with Crippen molar-refractivity contribution in [2.24, 2.45) is 11.8 Å². The number of carboxylic acid groups (broad SMARTS) is 1. The van der Waals surface area contributed by atoms with Gasteiger partial charge in [0.15, 0.2) is 0 Å². The summed E-state index contributed by atoms with van der Waals surface area (Å²) in [6.07, 6.45) is 6.33. The fourth-order valence-electron chi connectivity index (χ4n) is 2.80. The zero-order valence-corrected chi connectivity index (χ0v) is 10.4. The van der Waals surface area contributed by atoms with Gasteiger partial charge in [-0.3, -0.25) is 9.59 Å². The van der Waals surface area contributed by atoms with Gasteiger partial charge in [0, 0.05) is 12.0 Å². The van der Waals surface area contributed by atoms with Crippen LogP contribution in [0.2, 0.25) is 0 Å². The van der Waals surface area contributed by atoms with Crippen molar-refractivity contribution in [3.8, 4) is 0 Å². The van der Waals surface area contributed by atoms with Crippen LogP contribution in [0.4, 0.5) is 0 Å². The summed E-state index contributed by atoms with van der Waals surface area (Å²) in [6, 6.07) is 0.167. The summed E-state index contributed by atoms with van der Waals surface area (Å²) < 4.78 is 0. The lowest BCUT2D eigenvalue weighted by atomic mass is 9.94. The Morgan fingerprint density at radius 1 is 1.24 bits per heavy atom. The highest BCUT2D eigenvalue weighted by Gasteiger charge is 2.43. The topological polar surface area (TPSA) is 57.6 Å². The van der Waals surface area contributed by atoms with Gasteiger partial charge in [-0.2, -0.15) is 0 Å². The van der Waals surface area contributed by atoms with E-state index in [4.69, 9.17) is 5.11 Å². The molecule has 0 aromatic rings. The zero-order chi connectivity index (χ0) is 12.4. The molecule has 0 spiro atoms. The number of aliphatic carboxylic acids is 1. The number of carbonyl (C=O) groups excluding carboxylic acids is 1. The van der Waals surface area contributed by atoms with Gasteiger partial charge in [-0.1, -0.05) is 26.2 Å². The van der Waals surface area contributed by atoms with Gasteiger partial charge in [0.1, 0.15) is 6.54 Å². The maximum atomic E-state index is 12.2. The van der Waals surface area contributed by atoms with Gasteiger partial charge in [0.2, 0.25) is 5.91 Å². The van der Waals surface area contributed by atoms with Crippen LogP contribution in [-0.4, -0.2) is 34.5 Å². The van der Waals surface area contributed by atoms with E-state index in [9.17, 15) is 9.59 Å². The van der Waals surface area contributed by atoms with E-state index < -0.39 is 5.97 Å². The van der Waals surface area contributed by atoms with Crippen molar-refractivity contribution in [3.63, 3.8) is 0 Å². The van der Waals surface area contributed by atoms with Crippen LogP contribution >= 0.6 is 0 Å². The molecular weight excluding hydrogens is 218 g/mol. The molecule has 4 nitrogen and oxygen atoms in total. The molecule has 2 aliphatic carbocycles. The second-order valence-electron chi connectivity index (χ2n) is 5.47. The molecular formula is C13H21NO3. The van der Waals surface area contributed by atoms with Gasteiger partial charge >= 0.3 is 5.97 Å². The highest BCUT2D eigenvalue weighted by molar-refractivity contribution is 5.85. The van der Waals surface area contributed by atoms with Crippen LogP contribution in [0.3, 0.4) is 0 Å². The van der Waals surface area contributed by atoms with Crippen LogP contribution in [0.25, 0.3) is 0 Å². The first kappa shape index (κ1) is 12.4. The first-order valence-electron chi connectivity index (χ1n) is 6.62. The van der Waals surface area contributed by atoms with E-state index in [0.717, 1.165) is 32.1 Å². The van der Waals surface area contributed by atoms with E-state index >= 15 is 0 Å². The molecule has 2 saturated carbocycles. The largest absolute Gasteiger partial charge is 0.480 e. The highest BCUT2D eigenvalue weighted by Crippen LogP contribution is 2.40. The van der Waals surface area contributed by atoms with Gasteiger partial charge in [0.25, 0.3) is 0 Å². The predicted octanol–water partition coefficient (Wildman–Crippen LogP) is 1.89. The molecule has 0 heterocycles. The van der Waals surface area contributed by atoms with Crippen LogP contribution in [0, 0.1) is 11.8 Å². The molecule has 0 radical (unpaired) electrons. The monoisotopic (exact) mass is 239 g/mol. The number of carboxylic acids is 1. The van der Waals surface area contributed by atoms with Crippen molar-refractivity contribution in [3.05, 3.63) is 0 Å². The second-order valence-corrected chi connectivity index (χ2v) is 5.47. The van der Waals surface area contributed by atoms with Crippen molar-refractivity contribution >= 4 is 11.9 Å². The molecule has 96 valence electrons. The first-order chi connectivity index (χ1) is 8.09. The van der Waals surface area contributed by atoms with Gasteiger partial charge in [-0.05, 0) is 25.2 Å². The molecule has 4 heteroatoms. The van der Waals surface area contributed by atoms with Gasteiger partial charge in [-0.25, -0.2) is 0 Å². The maximum Gasteiger partial charge on any atom is 0.323 e. The second kappa shape index (κ2) is 5.07. The number of nitrogens with zero attached hydrogens (tertiary/aromatic N) is 1. The van der Waals surface area contributed by atoms with Gasteiger partial charge < -0.3 is 10.0 Å². The quantitative estimate of drug-likeness (QED) is 0.815. The molecule has 1 N–H and O–H groups in total. The minimum absolute atomic E-state index is 0.0757. The summed E-state index contributed by atoms with van der Waals surface area (Å²) in [4.78, 5) is 24.7. The molecule has 2 fully saturated rings. The van der Waals surface area contributed by atoms with Crippen molar-refractivity contribution in [2.75, 3.05) is 6.54 Å². The van der Waals surface area contributed by atoms with Crippen LogP contribution in [0.15, 0.2) is 0 Å². The summed E-state index contributed by atoms with van der Waals surface area (Å²) in [5, 5.41) is 8.94. The molecule has 0 aromatic carbocycles. The fraction of sp³-hybridized carbons (Fsp3) is 0.846. The third kappa shape index (κ3) is 2.99. The number of rotatable bonds is 4. The lowest BCUT2D eigenvalue weighted by Crippen LogP contribution is -2.45. The number of hydrogen-bond donors (Lipinski definition) is 1. The molecule has 2 aliphatic rings. The summed E-state index contributed by atoms with van der Waals surface area (Å²) in [5.41, 5.74) is 0. The summed E-state index contributed by atoms with van der Waals surface area (Å²) >= 11 is 0. The lowest BCUT2D eigenvalue weighted by molar-refractivity contribution is -0.147. The van der Waals surface area contributed by atoms with Gasteiger partial charge in [-0.15, -0.1) is 0 Å². The van der Waals surface area contributed by atoms with Crippen molar-refractivity contribution in [1.29, 1.82) is 0 Å². The van der Waals surface area contributed by atoms with Gasteiger partial charge in [0.05, 0.1) is 0 Å². The van der Waals surface area contributed by atoms with Crippen LogP contribution in [0.1, 0.15) is 45.4 Å². The predicted molar refractivity (Wildman–Crippen MR) is 63.5 cm³/mol. The molecule has 0 unspecified atom stereocenters. The van der Waals surface area contributed by atoms with E-state index in [0.29, 0.717) is 5.92 Å². The van der Waals surface area contributed by atoms with Crippen molar-refractivity contribution in [1.82, 2.24) is 4.90 Å². The molecule has 0 saturated heterocycles. The summed E-state index contributed by atoms with van der Waals surface area (Å²) in [5.74, 6) is -0.275. The molecule has 1 amide bonds. The first-order valence-corrected chi connectivity index (χ1v) is 6.62.